The van der Waals surface area contributed by atoms with Crippen LogP contribution in [0.2, 0.25) is 0 Å². The molecule has 0 aliphatic heterocycles. The number of carbonyl (C=O) groups is 2. The van der Waals surface area contributed by atoms with Gasteiger partial charge in [0.2, 0.25) is 5.91 Å². The molecule has 150 valence electrons. The van der Waals surface area contributed by atoms with Gasteiger partial charge in [-0.2, -0.15) is 0 Å². The summed E-state index contributed by atoms with van der Waals surface area (Å²) in [6.07, 6.45) is 3.97. The molecule has 1 aliphatic carbocycles. The van der Waals surface area contributed by atoms with Crippen molar-refractivity contribution in [1.29, 1.82) is 0 Å². The molecule has 0 bridgehead atoms. The van der Waals surface area contributed by atoms with Crippen molar-refractivity contribution in [3.8, 4) is 0 Å². The van der Waals surface area contributed by atoms with Gasteiger partial charge in [-0.05, 0) is 48.3 Å². The highest BCUT2D eigenvalue weighted by molar-refractivity contribution is 7.17. The van der Waals surface area contributed by atoms with Gasteiger partial charge in [-0.3, -0.25) is 14.9 Å². The van der Waals surface area contributed by atoms with Crippen LogP contribution in [0.3, 0.4) is 0 Å². The third-order valence-electron chi connectivity index (χ3n) is 5.10. The molecule has 0 saturated carbocycles. The molecule has 0 radical (unpaired) electrons. The quantitative estimate of drug-likeness (QED) is 0.533. The topological polar surface area (TPSA) is 84.2 Å². The number of nitrogens with one attached hydrogen (secondary N) is 2. The van der Waals surface area contributed by atoms with E-state index in [0.29, 0.717) is 10.6 Å². The third-order valence-corrected chi connectivity index (χ3v) is 7.24. The van der Waals surface area contributed by atoms with Crippen LogP contribution in [0.15, 0.2) is 47.8 Å². The molecule has 0 fully saturated rings. The molecule has 2 amide bonds. The lowest BCUT2D eigenvalue weighted by Gasteiger charge is -2.18. The van der Waals surface area contributed by atoms with E-state index in [0.717, 1.165) is 41.7 Å². The summed E-state index contributed by atoms with van der Waals surface area (Å²) < 4.78 is 0. The molecular formula is C22H23N3O2S2. The predicted molar refractivity (Wildman–Crippen MR) is 119 cm³/mol. The van der Waals surface area contributed by atoms with Gasteiger partial charge in [0.1, 0.15) is 5.00 Å². The lowest BCUT2D eigenvalue weighted by atomic mass is 9.95. The number of nitrogens with two attached hydrogens (primary N) is 1. The van der Waals surface area contributed by atoms with Gasteiger partial charge in [-0.25, -0.2) is 0 Å². The van der Waals surface area contributed by atoms with Crippen molar-refractivity contribution in [1.82, 2.24) is 5.32 Å². The van der Waals surface area contributed by atoms with E-state index in [1.165, 1.54) is 16.2 Å². The van der Waals surface area contributed by atoms with E-state index in [4.69, 9.17) is 5.73 Å². The normalized spacial score (nSPS) is 14.2. The SMILES string of the molecule is NC(=O)c1c(NC(=O)CN[C@H](c2ccccc2)c2cccs2)sc2c1CCCC2. The van der Waals surface area contributed by atoms with Gasteiger partial charge in [-0.1, -0.05) is 36.4 Å². The highest BCUT2D eigenvalue weighted by Gasteiger charge is 2.25. The summed E-state index contributed by atoms with van der Waals surface area (Å²) in [6.45, 7) is 0.137. The summed E-state index contributed by atoms with van der Waals surface area (Å²) in [7, 11) is 0. The van der Waals surface area contributed by atoms with Crippen LogP contribution in [0.25, 0.3) is 0 Å². The molecule has 4 rings (SSSR count). The second kappa shape index (κ2) is 8.90. The van der Waals surface area contributed by atoms with Gasteiger partial charge in [0.25, 0.3) is 5.91 Å². The summed E-state index contributed by atoms with van der Waals surface area (Å²) in [5, 5.41) is 8.89. The van der Waals surface area contributed by atoms with Crippen LogP contribution in [0.4, 0.5) is 5.00 Å². The Morgan fingerprint density at radius 1 is 1.07 bits per heavy atom. The predicted octanol–water partition coefficient (Wildman–Crippen LogP) is 4.11. The van der Waals surface area contributed by atoms with Crippen molar-refractivity contribution in [2.45, 2.75) is 31.7 Å². The van der Waals surface area contributed by atoms with Gasteiger partial charge in [0.15, 0.2) is 0 Å². The van der Waals surface area contributed by atoms with Crippen LogP contribution in [-0.4, -0.2) is 18.4 Å². The van der Waals surface area contributed by atoms with Crippen molar-refractivity contribution in [3.63, 3.8) is 0 Å². The first-order valence-corrected chi connectivity index (χ1v) is 11.4. The van der Waals surface area contributed by atoms with Crippen LogP contribution in [0.5, 0.6) is 0 Å². The summed E-state index contributed by atoms with van der Waals surface area (Å²) in [5.41, 5.74) is 8.25. The Balaban J connectivity index is 1.48. The van der Waals surface area contributed by atoms with Crippen LogP contribution < -0.4 is 16.4 Å². The fourth-order valence-electron chi connectivity index (χ4n) is 3.76. The first-order chi connectivity index (χ1) is 14.1. The second-order valence-corrected chi connectivity index (χ2v) is 9.15. The fraction of sp³-hybridized carbons (Fsp3) is 0.273. The van der Waals surface area contributed by atoms with E-state index in [2.05, 4.69) is 16.7 Å². The lowest BCUT2D eigenvalue weighted by molar-refractivity contribution is -0.115. The Bertz CT molecular complexity index is 997. The van der Waals surface area contributed by atoms with Crippen LogP contribution in [0.1, 0.15) is 50.1 Å². The summed E-state index contributed by atoms with van der Waals surface area (Å²) in [6, 6.07) is 14.1. The Morgan fingerprint density at radius 3 is 2.59 bits per heavy atom. The maximum atomic E-state index is 12.7. The van der Waals surface area contributed by atoms with E-state index < -0.39 is 5.91 Å². The number of hydrogen-bond donors (Lipinski definition) is 3. The van der Waals surface area contributed by atoms with Crippen molar-refractivity contribution >= 4 is 39.5 Å². The van der Waals surface area contributed by atoms with Crippen LogP contribution in [0, 0.1) is 0 Å². The Kier molecular flexibility index (Phi) is 6.08. The van der Waals surface area contributed by atoms with Gasteiger partial charge in [-0.15, -0.1) is 22.7 Å². The number of carbonyl (C=O) groups excluding carboxylic acids is 2. The maximum absolute atomic E-state index is 12.7. The van der Waals surface area contributed by atoms with E-state index in [1.807, 2.05) is 41.8 Å². The summed E-state index contributed by atoms with van der Waals surface area (Å²) >= 11 is 3.14. The van der Waals surface area contributed by atoms with Crippen molar-refractivity contribution in [2.75, 3.05) is 11.9 Å². The number of anilines is 1. The smallest absolute Gasteiger partial charge is 0.251 e. The van der Waals surface area contributed by atoms with Crippen molar-refractivity contribution in [3.05, 3.63) is 74.3 Å². The monoisotopic (exact) mass is 425 g/mol. The molecule has 0 spiro atoms. The van der Waals surface area contributed by atoms with E-state index in [-0.39, 0.29) is 18.5 Å². The summed E-state index contributed by atoms with van der Waals surface area (Å²) in [4.78, 5) is 27.0. The fourth-order valence-corrected chi connectivity index (χ4v) is 5.90. The molecule has 4 N–H and O–H groups in total. The highest BCUT2D eigenvalue weighted by atomic mass is 32.1. The number of fused-ring (bicyclic) bond motifs is 1. The van der Waals surface area contributed by atoms with E-state index in [1.54, 1.807) is 11.3 Å². The van der Waals surface area contributed by atoms with E-state index in [9.17, 15) is 9.59 Å². The van der Waals surface area contributed by atoms with Crippen LogP contribution in [-0.2, 0) is 17.6 Å². The van der Waals surface area contributed by atoms with E-state index >= 15 is 0 Å². The Morgan fingerprint density at radius 2 is 1.86 bits per heavy atom. The largest absolute Gasteiger partial charge is 0.365 e. The number of benzene rings is 1. The van der Waals surface area contributed by atoms with Crippen molar-refractivity contribution in [2.24, 2.45) is 5.73 Å². The molecule has 7 heteroatoms. The standard InChI is InChI=1S/C22H23N3O2S2/c23-21(27)19-15-9-4-5-10-16(15)29-22(19)25-18(26)13-24-20(17-11-6-12-28-17)14-7-2-1-3-8-14/h1-3,6-8,11-12,20,24H,4-5,9-10,13H2,(H2,23,27)(H,25,26)/t20-/m1/s1. The lowest BCUT2D eigenvalue weighted by Crippen LogP contribution is -2.32. The molecule has 0 unspecified atom stereocenters. The molecular weight excluding hydrogens is 402 g/mol. The third kappa shape index (κ3) is 4.42. The average Bonchev–Trinajstić information content (AvgIpc) is 3.36. The number of thiophene rings is 2. The minimum Gasteiger partial charge on any atom is -0.365 e. The zero-order valence-electron chi connectivity index (χ0n) is 15.9. The molecule has 1 aliphatic rings. The first kappa shape index (κ1) is 19.8. The maximum Gasteiger partial charge on any atom is 0.251 e. The zero-order valence-corrected chi connectivity index (χ0v) is 17.6. The van der Waals surface area contributed by atoms with Crippen molar-refractivity contribution < 1.29 is 9.59 Å². The van der Waals surface area contributed by atoms with Crippen LogP contribution >= 0.6 is 22.7 Å². The summed E-state index contributed by atoms with van der Waals surface area (Å²) in [5.74, 6) is -0.642. The van der Waals surface area contributed by atoms with Gasteiger partial charge >= 0.3 is 0 Å². The number of amides is 2. The molecule has 5 nitrogen and oxygen atoms in total. The molecule has 3 aromatic rings. The Hall–Kier alpha value is -2.48. The molecule has 0 saturated heterocycles. The number of rotatable bonds is 7. The molecule has 2 heterocycles. The number of hydrogen-bond acceptors (Lipinski definition) is 5. The zero-order chi connectivity index (χ0) is 20.2. The second-order valence-electron chi connectivity index (χ2n) is 7.07. The average molecular weight is 426 g/mol. The first-order valence-electron chi connectivity index (χ1n) is 9.69. The molecule has 2 aromatic heterocycles. The minimum atomic E-state index is -0.464. The number of primary amides is 1. The van der Waals surface area contributed by atoms with Gasteiger partial charge in [0.05, 0.1) is 18.2 Å². The van der Waals surface area contributed by atoms with Gasteiger partial charge in [0, 0.05) is 9.75 Å². The number of aryl methyl sites for hydroxylation is 1. The molecule has 1 atom stereocenters. The minimum absolute atomic E-state index is 0.0610. The Labute approximate surface area is 178 Å². The molecule has 29 heavy (non-hydrogen) atoms. The molecule has 1 aromatic carbocycles. The van der Waals surface area contributed by atoms with Gasteiger partial charge < -0.3 is 11.1 Å². The highest BCUT2D eigenvalue weighted by Crippen LogP contribution is 2.37.